The highest BCUT2D eigenvalue weighted by Crippen LogP contribution is 2.67. The molecule has 0 aromatic rings. The van der Waals surface area contributed by atoms with Crippen molar-refractivity contribution in [1.82, 2.24) is 5.32 Å². The summed E-state index contributed by atoms with van der Waals surface area (Å²) in [4.78, 5) is 12.8. The number of amides is 1. The highest BCUT2D eigenvalue weighted by molar-refractivity contribution is 5.80. The van der Waals surface area contributed by atoms with Crippen LogP contribution in [-0.2, 0) is 4.79 Å². The first kappa shape index (κ1) is 19.7. The maximum absolute atomic E-state index is 12.8. The number of nitrogens with two attached hydrogens (primary N) is 1. The monoisotopic (exact) mass is 378 g/mol. The summed E-state index contributed by atoms with van der Waals surface area (Å²) < 4.78 is 0. The molecule has 9 atom stereocenters. The Bertz CT molecular complexity index is 584. The van der Waals surface area contributed by atoms with E-state index in [0.29, 0.717) is 36.8 Å². The van der Waals surface area contributed by atoms with Crippen molar-refractivity contribution < 1.29 is 15.0 Å². The largest absolute Gasteiger partial charge is 0.393 e. The van der Waals surface area contributed by atoms with Gasteiger partial charge in [0, 0.05) is 19.0 Å². The predicted octanol–water partition coefficient (Wildman–Crippen LogP) is 2.05. The molecule has 4 rings (SSSR count). The van der Waals surface area contributed by atoms with E-state index in [2.05, 4.69) is 19.2 Å². The highest BCUT2D eigenvalue weighted by Gasteiger charge is 2.63. The van der Waals surface area contributed by atoms with E-state index in [4.69, 9.17) is 5.73 Å². The minimum absolute atomic E-state index is 0.00311. The number of rotatable bonds is 3. The van der Waals surface area contributed by atoms with Crippen LogP contribution in [0, 0.1) is 40.4 Å². The van der Waals surface area contributed by atoms with Crippen LogP contribution in [-0.4, -0.2) is 41.4 Å². The SMILES string of the molecule is CC12CC(O)C3C(CCC4CC(O)CCC43C)C1CCC2C(=O)NCCN. The Morgan fingerprint density at radius 1 is 1.11 bits per heavy atom. The van der Waals surface area contributed by atoms with Gasteiger partial charge < -0.3 is 21.3 Å². The van der Waals surface area contributed by atoms with Crippen molar-refractivity contribution in [3.05, 3.63) is 0 Å². The molecule has 0 radical (unpaired) electrons. The minimum atomic E-state index is -0.331. The summed E-state index contributed by atoms with van der Waals surface area (Å²) in [6.07, 6.45) is 7.40. The van der Waals surface area contributed by atoms with Crippen LogP contribution in [0.25, 0.3) is 0 Å². The van der Waals surface area contributed by atoms with Crippen LogP contribution in [0.2, 0.25) is 0 Å². The lowest BCUT2D eigenvalue weighted by atomic mass is 9.44. The first-order chi connectivity index (χ1) is 12.8. The molecule has 27 heavy (non-hydrogen) atoms. The molecule has 154 valence electrons. The second-order valence-electron chi connectivity index (χ2n) is 10.5. The zero-order chi connectivity index (χ0) is 19.4. The summed E-state index contributed by atoms with van der Waals surface area (Å²) in [5.41, 5.74) is 5.60. The maximum Gasteiger partial charge on any atom is 0.223 e. The lowest BCUT2D eigenvalue weighted by Gasteiger charge is -2.62. The summed E-state index contributed by atoms with van der Waals surface area (Å²) in [6, 6.07) is 0. The summed E-state index contributed by atoms with van der Waals surface area (Å²) >= 11 is 0. The molecule has 4 aliphatic rings. The molecule has 4 saturated carbocycles. The Balaban J connectivity index is 1.59. The van der Waals surface area contributed by atoms with E-state index < -0.39 is 0 Å². The fourth-order valence-corrected chi connectivity index (χ4v) is 8.11. The minimum Gasteiger partial charge on any atom is -0.393 e. The van der Waals surface area contributed by atoms with Crippen molar-refractivity contribution in [1.29, 1.82) is 0 Å². The van der Waals surface area contributed by atoms with Crippen LogP contribution in [0.1, 0.15) is 65.2 Å². The van der Waals surface area contributed by atoms with Gasteiger partial charge in [0.25, 0.3) is 0 Å². The third-order valence-electron chi connectivity index (χ3n) is 9.33. The number of aliphatic hydroxyl groups is 2. The summed E-state index contributed by atoms with van der Waals surface area (Å²) in [7, 11) is 0. The van der Waals surface area contributed by atoms with Gasteiger partial charge in [-0.2, -0.15) is 0 Å². The second-order valence-corrected chi connectivity index (χ2v) is 10.5. The number of hydrogen-bond donors (Lipinski definition) is 4. The van der Waals surface area contributed by atoms with Gasteiger partial charge in [0.05, 0.1) is 12.2 Å². The molecule has 1 amide bonds. The standard InChI is InChI=1S/C22H38N2O3/c1-21-8-7-14(25)11-13(21)3-4-15-16-5-6-17(20(27)24-10-9-23)22(16,2)12-18(26)19(15)21/h13-19,25-26H,3-12,23H2,1-2H3,(H,24,27). The van der Waals surface area contributed by atoms with Gasteiger partial charge in [-0.1, -0.05) is 13.8 Å². The fraction of sp³-hybridized carbons (Fsp3) is 0.955. The summed E-state index contributed by atoms with van der Waals surface area (Å²) in [6.45, 7) is 5.65. The van der Waals surface area contributed by atoms with E-state index in [1.165, 1.54) is 0 Å². The average Bonchev–Trinajstić information content (AvgIpc) is 2.96. The van der Waals surface area contributed by atoms with Crippen LogP contribution in [0.3, 0.4) is 0 Å². The predicted molar refractivity (Wildman–Crippen MR) is 105 cm³/mol. The summed E-state index contributed by atoms with van der Waals surface area (Å²) in [5.74, 6) is 2.05. The fourth-order valence-electron chi connectivity index (χ4n) is 8.11. The Kier molecular flexibility index (Phi) is 5.09. The Hall–Kier alpha value is -0.650. The molecule has 0 saturated heterocycles. The van der Waals surface area contributed by atoms with Crippen LogP contribution in [0.4, 0.5) is 0 Å². The third kappa shape index (κ3) is 2.96. The lowest BCUT2D eigenvalue weighted by molar-refractivity contribution is -0.179. The lowest BCUT2D eigenvalue weighted by Crippen LogP contribution is -2.59. The third-order valence-corrected chi connectivity index (χ3v) is 9.33. The van der Waals surface area contributed by atoms with Crippen molar-refractivity contribution in [2.45, 2.75) is 77.4 Å². The van der Waals surface area contributed by atoms with Crippen molar-refractivity contribution >= 4 is 5.91 Å². The topological polar surface area (TPSA) is 95.6 Å². The molecule has 0 spiro atoms. The zero-order valence-corrected chi connectivity index (χ0v) is 17.0. The quantitative estimate of drug-likeness (QED) is 0.604. The molecule has 0 aromatic carbocycles. The normalized spacial score (nSPS) is 51.8. The van der Waals surface area contributed by atoms with E-state index in [-0.39, 0.29) is 34.9 Å². The van der Waals surface area contributed by atoms with Crippen LogP contribution in [0.5, 0.6) is 0 Å². The molecular weight excluding hydrogens is 340 g/mol. The number of fused-ring (bicyclic) bond motifs is 5. The van der Waals surface area contributed by atoms with Crippen molar-refractivity contribution in [3.8, 4) is 0 Å². The van der Waals surface area contributed by atoms with Gasteiger partial charge in [-0.05, 0) is 85.9 Å². The van der Waals surface area contributed by atoms with Crippen molar-refractivity contribution in [2.75, 3.05) is 13.1 Å². The van der Waals surface area contributed by atoms with Crippen LogP contribution < -0.4 is 11.1 Å². The number of nitrogens with one attached hydrogen (secondary N) is 1. The Labute approximate surface area is 163 Å². The average molecular weight is 379 g/mol. The molecule has 0 bridgehead atoms. The van der Waals surface area contributed by atoms with Crippen molar-refractivity contribution in [2.24, 2.45) is 46.2 Å². The molecular formula is C22H38N2O3. The molecule has 9 unspecified atom stereocenters. The Morgan fingerprint density at radius 2 is 1.89 bits per heavy atom. The van der Waals surface area contributed by atoms with Crippen LogP contribution in [0.15, 0.2) is 0 Å². The number of aliphatic hydroxyl groups excluding tert-OH is 2. The van der Waals surface area contributed by atoms with E-state index in [1.54, 1.807) is 0 Å². The van der Waals surface area contributed by atoms with Gasteiger partial charge in [-0.15, -0.1) is 0 Å². The molecule has 4 aliphatic carbocycles. The van der Waals surface area contributed by atoms with Gasteiger partial charge in [0.1, 0.15) is 0 Å². The number of carbonyl (C=O) groups is 1. The molecule has 4 fully saturated rings. The number of hydrogen-bond acceptors (Lipinski definition) is 4. The van der Waals surface area contributed by atoms with E-state index in [9.17, 15) is 15.0 Å². The first-order valence-electron chi connectivity index (χ1n) is 11.1. The molecule has 0 aliphatic heterocycles. The molecule has 0 aromatic heterocycles. The zero-order valence-electron chi connectivity index (χ0n) is 17.0. The Morgan fingerprint density at radius 3 is 2.63 bits per heavy atom. The molecule has 0 heterocycles. The van der Waals surface area contributed by atoms with Gasteiger partial charge in [0.2, 0.25) is 5.91 Å². The second kappa shape index (κ2) is 7.00. The van der Waals surface area contributed by atoms with Crippen molar-refractivity contribution in [3.63, 3.8) is 0 Å². The molecule has 5 heteroatoms. The first-order valence-corrected chi connectivity index (χ1v) is 11.1. The summed E-state index contributed by atoms with van der Waals surface area (Å²) in [5, 5.41) is 24.5. The molecule has 5 nitrogen and oxygen atoms in total. The van der Waals surface area contributed by atoms with Gasteiger partial charge >= 0.3 is 0 Å². The highest BCUT2D eigenvalue weighted by atomic mass is 16.3. The van der Waals surface area contributed by atoms with E-state index in [0.717, 1.165) is 51.4 Å². The van der Waals surface area contributed by atoms with E-state index in [1.807, 2.05) is 0 Å². The van der Waals surface area contributed by atoms with Gasteiger partial charge in [-0.25, -0.2) is 0 Å². The smallest absolute Gasteiger partial charge is 0.223 e. The molecule has 5 N–H and O–H groups in total. The maximum atomic E-state index is 12.8. The van der Waals surface area contributed by atoms with Gasteiger partial charge in [-0.3, -0.25) is 4.79 Å². The number of carbonyl (C=O) groups excluding carboxylic acids is 1. The van der Waals surface area contributed by atoms with E-state index >= 15 is 0 Å². The van der Waals surface area contributed by atoms with Gasteiger partial charge in [0.15, 0.2) is 0 Å². The van der Waals surface area contributed by atoms with Crippen LogP contribution >= 0.6 is 0 Å².